The minimum absolute atomic E-state index is 0.0157. The highest BCUT2D eigenvalue weighted by Gasteiger charge is 2.38. The predicted molar refractivity (Wildman–Crippen MR) is 132 cm³/mol. The average molecular weight is 623 g/mol. The van der Waals surface area contributed by atoms with Crippen LogP contribution in [0.3, 0.4) is 0 Å². The van der Waals surface area contributed by atoms with Crippen molar-refractivity contribution in [3.63, 3.8) is 0 Å². The van der Waals surface area contributed by atoms with Gasteiger partial charge < -0.3 is 66.6 Å². The highest BCUT2D eigenvalue weighted by atomic mass is 19.4. The number of aliphatic carboxylic acids is 1. The number of ether oxygens (including phenoxy) is 1. The van der Waals surface area contributed by atoms with E-state index >= 15 is 0 Å². The van der Waals surface area contributed by atoms with E-state index in [2.05, 4.69) is 0 Å². The Morgan fingerprint density at radius 3 is 1.38 bits per heavy atom. The van der Waals surface area contributed by atoms with E-state index in [1.807, 2.05) is 0 Å². The van der Waals surface area contributed by atoms with Crippen LogP contribution in [0.25, 0.3) is 0 Å². The number of hydrogen-bond donors (Lipinski definition) is 12. The molecule has 1 aromatic rings. The Morgan fingerprint density at radius 1 is 0.738 bits per heavy atom. The molecule has 0 aliphatic carbocycles. The summed E-state index contributed by atoms with van der Waals surface area (Å²) in [7, 11) is 0. The van der Waals surface area contributed by atoms with Crippen LogP contribution in [-0.4, -0.2) is 154 Å². The maximum Gasteiger partial charge on any atom is 0.490 e. The third kappa shape index (κ3) is 14.5. The van der Waals surface area contributed by atoms with Gasteiger partial charge in [-0.25, -0.2) is 9.59 Å². The van der Waals surface area contributed by atoms with Crippen LogP contribution < -0.4 is 5.73 Å². The van der Waals surface area contributed by atoms with Crippen LogP contribution in [0.2, 0.25) is 0 Å². The van der Waals surface area contributed by atoms with E-state index in [1.165, 1.54) is 4.90 Å². The molecule has 0 heterocycles. The van der Waals surface area contributed by atoms with Crippen molar-refractivity contribution >= 4 is 12.1 Å². The van der Waals surface area contributed by atoms with Gasteiger partial charge in [-0.05, 0) is 11.1 Å². The third-order valence-corrected chi connectivity index (χ3v) is 5.59. The van der Waals surface area contributed by atoms with Crippen molar-refractivity contribution in [2.24, 2.45) is 5.73 Å². The maximum atomic E-state index is 10.7. The summed E-state index contributed by atoms with van der Waals surface area (Å²) < 4.78 is 36.4. The second-order valence-electron chi connectivity index (χ2n) is 9.02. The van der Waals surface area contributed by atoms with Crippen LogP contribution in [0.4, 0.5) is 18.0 Å². The number of rotatable bonds is 16. The minimum atomic E-state index is -5.08. The maximum absolute atomic E-state index is 10.7. The summed E-state index contributed by atoms with van der Waals surface area (Å²) in [6, 6.07) is 6.51. The SMILES string of the molecule is NC(=O)OCc1ccc(CN(CC(O)C(O)C(O)C(O)CO)CC(O)C(O)C(O)C(O)CO)cc1.O=C(O)C(F)(F)F. The fourth-order valence-corrected chi connectivity index (χ4v) is 3.23. The number of amides is 1. The summed E-state index contributed by atoms with van der Waals surface area (Å²) in [4.78, 5) is 21.0. The molecule has 19 heteroatoms. The van der Waals surface area contributed by atoms with Gasteiger partial charge in [-0.2, -0.15) is 13.2 Å². The van der Waals surface area contributed by atoms with Crippen LogP contribution in [0.15, 0.2) is 24.3 Å². The first-order chi connectivity index (χ1) is 19.3. The third-order valence-electron chi connectivity index (χ3n) is 5.59. The number of aliphatic hydroxyl groups is 10. The van der Waals surface area contributed by atoms with Crippen molar-refractivity contribution in [2.45, 2.75) is 68.2 Å². The molecule has 8 atom stereocenters. The van der Waals surface area contributed by atoms with Crippen molar-refractivity contribution in [1.29, 1.82) is 0 Å². The molecule has 0 fully saturated rings. The molecule has 1 amide bonds. The number of carboxylic acids is 1. The molecule has 8 unspecified atom stereocenters. The molecule has 0 aliphatic heterocycles. The summed E-state index contributed by atoms with van der Waals surface area (Å²) in [6.07, 6.45) is -20.3. The summed E-state index contributed by atoms with van der Waals surface area (Å²) >= 11 is 0. The zero-order chi connectivity index (χ0) is 32.8. The summed E-state index contributed by atoms with van der Waals surface area (Å²) in [5, 5.41) is 105. The quantitative estimate of drug-likeness (QED) is 0.0828. The lowest BCUT2D eigenvalue weighted by molar-refractivity contribution is -0.192. The molecular weight excluding hydrogens is 585 g/mol. The molecule has 1 aromatic carbocycles. The van der Waals surface area contributed by atoms with Gasteiger partial charge in [0.2, 0.25) is 0 Å². The summed E-state index contributed by atoms with van der Waals surface area (Å²) in [5.41, 5.74) is 6.16. The number of hydrogen-bond acceptors (Lipinski definition) is 14. The lowest BCUT2D eigenvalue weighted by Crippen LogP contribution is -2.53. The molecule has 0 spiro atoms. The number of alkyl halides is 3. The number of nitrogens with two attached hydrogens (primary N) is 1. The Bertz CT molecular complexity index is 897. The average Bonchev–Trinajstić information content (AvgIpc) is 2.93. The number of carbonyl (C=O) groups excluding carboxylic acids is 1. The zero-order valence-electron chi connectivity index (χ0n) is 22.0. The molecule has 1 rings (SSSR count). The molecule has 0 saturated heterocycles. The molecule has 0 aliphatic rings. The minimum Gasteiger partial charge on any atom is -0.475 e. The van der Waals surface area contributed by atoms with Gasteiger partial charge in [0.1, 0.15) is 43.2 Å². The van der Waals surface area contributed by atoms with Crippen LogP contribution in [0, 0.1) is 0 Å². The second-order valence-corrected chi connectivity index (χ2v) is 9.02. The highest BCUT2D eigenvalue weighted by Crippen LogP contribution is 2.15. The molecule has 0 aromatic heterocycles. The first-order valence-electron chi connectivity index (χ1n) is 12.0. The second kappa shape index (κ2) is 18.8. The Morgan fingerprint density at radius 2 is 1.07 bits per heavy atom. The summed E-state index contributed by atoms with van der Waals surface area (Å²) in [5.74, 6) is -2.76. The number of primary amides is 1. The van der Waals surface area contributed by atoms with Gasteiger partial charge in [-0.3, -0.25) is 4.90 Å². The monoisotopic (exact) mass is 622 g/mol. The zero-order valence-corrected chi connectivity index (χ0v) is 22.0. The number of benzene rings is 1. The Balaban J connectivity index is 0.00000212. The lowest BCUT2D eigenvalue weighted by atomic mass is 10.0. The molecule has 13 N–H and O–H groups in total. The van der Waals surface area contributed by atoms with E-state index < -0.39 is 93.4 Å². The fourth-order valence-electron chi connectivity index (χ4n) is 3.23. The largest absolute Gasteiger partial charge is 0.490 e. The van der Waals surface area contributed by atoms with E-state index in [4.69, 9.17) is 30.6 Å². The number of halogens is 3. The topological polar surface area (TPSA) is 295 Å². The molecule has 0 radical (unpaired) electrons. The van der Waals surface area contributed by atoms with Crippen molar-refractivity contribution in [1.82, 2.24) is 4.90 Å². The van der Waals surface area contributed by atoms with Gasteiger partial charge in [0.15, 0.2) is 0 Å². The predicted octanol–water partition coefficient (Wildman–Crippen LogP) is -4.41. The van der Waals surface area contributed by atoms with E-state index in [-0.39, 0.29) is 13.2 Å². The number of nitrogens with zero attached hydrogens (tertiary/aromatic N) is 1. The Hall–Kier alpha value is -2.69. The van der Waals surface area contributed by atoms with Crippen molar-refractivity contribution in [2.75, 3.05) is 26.3 Å². The number of carboxylic acid groups (broad SMARTS) is 1. The van der Waals surface area contributed by atoms with Crippen molar-refractivity contribution < 1.29 is 83.7 Å². The molecule has 244 valence electrons. The molecular formula is C23H37F3N2O14. The number of carbonyl (C=O) groups is 2. The van der Waals surface area contributed by atoms with Crippen LogP contribution >= 0.6 is 0 Å². The first kappa shape index (κ1) is 39.3. The Kier molecular flexibility index (Phi) is 17.6. The molecule has 0 saturated carbocycles. The van der Waals surface area contributed by atoms with E-state index in [0.717, 1.165) is 0 Å². The van der Waals surface area contributed by atoms with Crippen LogP contribution in [0.1, 0.15) is 11.1 Å². The smallest absolute Gasteiger partial charge is 0.475 e. The van der Waals surface area contributed by atoms with Gasteiger partial charge >= 0.3 is 18.2 Å². The molecule has 16 nitrogen and oxygen atoms in total. The van der Waals surface area contributed by atoms with Gasteiger partial charge in [0, 0.05) is 19.6 Å². The normalized spacial score (nSPS) is 17.6. The van der Waals surface area contributed by atoms with E-state index in [9.17, 15) is 58.8 Å². The van der Waals surface area contributed by atoms with Crippen molar-refractivity contribution in [3.05, 3.63) is 35.4 Å². The van der Waals surface area contributed by atoms with E-state index in [1.54, 1.807) is 24.3 Å². The van der Waals surface area contributed by atoms with Crippen LogP contribution in [0.5, 0.6) is 0 Å². The Labute approximate surface area is 236 Å². The lowest BCUT2D eigenvalue weighted by Gasteiger charge is -2.33. The number of aliphatic hydroxyl groups excluding tert-OH is 10. The summed E-state index contributed by atoms with van der Waals surface area (Å²) in [6.45, 7) is -2.57. The van der Waals surface area contributed by atoms with E-state index in [0.29, 0.717) is 11.1 Å². The molecule has 42 heavy (non-hydrogen) atoms. The van der Waals surface area contributed by atoms with Gasteiger partial charge in [-0.1, -0.05) is 24.3 Å². The standard InChI is InChI=1S/C21H36N2O12.C2HF3O2/c22-21(34)35-10-12-3-1-11(2-4-12)5-23(6-13(26)17(30)19(32)15(28)8-24)7-14(27)18(31)20(33)16(29)9-25;3-2(4,5)1(6)7/h1-4,13-20,24-33H,5-10H2,(H2,22,34);(H,6,7). The van der Waals surface area contributed by atoms with Crippen molar-refractivity contribution in [3.8, 4) is 0 Å². The van der Waals surface area contributed by atoms with Gasteiger partial charge in [0.25, 0.3) is 0 Å². The van der Waals surface area contributed by atoms with Gasteiger partial charge in [0.05, 0.1) is 25.4 Å². The first-order valence-corrected chi connectivity index (χ1v) is 12.0. The van der Waals surface area contributed by atoms with Crippen LogP contribution in [-0.2, 0) is 22.7 Å². The van der Waals surface area contributed by atoms with Gasteiger partial charge in [-0.15, -0.1) is 0 Å². The highest BCUT2D eigenvalue weighted by molar-refractivity contribution is 5.73. The fraction of sp³-hybridized carbons (Fsp3) is 0.652. The molecule has 0 bridgehead atoms.